The topological polar surface area (TPSA) is 476 Å². The number of nitrogens with zero attached hydrogens (tertiary/aromatic N) is 13. The van der Waals surface area contributed by atoms with Crippen LogP contribution in [0.4, 0.5) is 17.8 Å². The van der Waals surface area contributed by atoms with Crippen molar-refractivity contribution in [1.82, 2.24) is 78.6 Å². The molecule has 4 unspecified atom stereocenters. The van der Waals surface area contributed by atoms with Crippen LogP contribution < -0.4 is 206 Å². The van der Waals surface area contributed by atoms with Gasteiger partial charge in [-0.3, -0.25) is 47.7 Å². The zero-order valence-electron chi connectivity index (χ0n) is 70.5. The Hall–Kier alpha value is -7.51. The van der Waals surface area contributed by atoms with Crippen molar-refractivity contribution in [3.05, 3.63) is 191 Å². The molecule has 9 heterocycles. The van der Waals surface area contributed by atoms with E-state index in [1.165, 1.54) is 44.1 Å². The molecule has 1 aliphatic heterocycles. The molecule has 0 bridgehead atoms. The summed E-state index contributed by atoms with van der Waals surface area (Å²) < 4.78 is 57.7. The van der Waals surface area contributed by atoms with Crippen LogP contribution in [-0.2, 0) is 30.5 Å². The minimum Gasteiger partial charge on any atom is -1.00 e. The van der Waals surface area contributed by atoms with Gasteiger partial charge in [-0.1, -0.05) is 99.9 Å². The average molecular weight is 1960 g/mol. The molecule has 4 fully saturated rings. The van der Waals surface area contributed by atoms with E-state index in [1.807, 2.05) is 104 Å². The van der Waals surface area contributed by atoms with E-state index in [2.05, 4.69) is 83.3 Å². The number of aromatic nitrogens is 16. The van der Waals surface area contributed by atoms with Crippen molar-refractivity contribution in [2.24, 2.45) is 5.73 Å². The minimum absolute atomic E-state index is 0. The number of hydrogen-bond acceptors (Lipinski definition) is 28. The van der Waals surface area contributed by atoms with Gasteiger partial charge in [0, 0.05) is 25.8 Å². The van der Waals surface area contributed by atoms with E-state index in [0.717, 1.165) is 111 Å². The van der Waals surface area contributed by atoms with Gasteiger partial charge in [-0.25, -0.2) is 18.7 Å². The molecule has 0 amide bonds. The van der Waals surface area contributed by atoms with E-state index in [4.69, 9.17) is 60.6 Å². The molecule has 4 aliphatic carbocycles. The van der Waals surface area contributed by atoms with Gasteiger partial charge in [0.25, 0.3) is 38.8 Å². The molecule has 4 atom stereocenters. The van der Waals surface area contributed by atoms with E-state index in [9.17, 15) is 32.7 Å². The van der Waals surface area contributed by atoms with Gasteiger partial charge in [-0.2, -0.15) is 48.7 Å². The Bertz CT molecular complexity index is 5720. The largest absolute Gasteiger partial charge is 1.00 e. The molecular weight excluding hydrogens is 1850 g/mol. The van der Waals surface area contributed by atoms with Gasteiger partial charge < -0.3 is 62.4 Å². The molecule has 40 heteroatoms. The summed E-state index contributed by atoms with van der Waals surface area (Å²) in [7, 11) is 2.94. The molecule has 0 spiro atoms. The Labute approximate surface area is 827 Å². The monoisotopic (exact) mass is 1960 g/mol. The van der Waals surface area contributed by atoms with Crippen LogP contribution in [0.2, 0.25) is 5.28 Å². The van der Waals surface area contributed by atoms with Crippen LogP contribution in [-0.4, -0.2) is 158 Å². The number of aliphatic hydroxyl groups excluding tert-OH is 2. The molecule has 4 saturated carbocycles. The van der Waals surface area contributed by atoms with Gasteiger partial charge >= 0.3 is 138 Å². The molecule has 122 heavy (non-hydrogen) atoms. The third kappa shape index (κ3) is 25.2. The first kappa shape index (κ1) is 96.7. The van der Waals surface area contributed by atoms with Crippen LogP contribution in [0.3, 0.4) is 0 Å². The molecule has 10 N–H and O–H groups in total. The fourth-order valence-electron chi connectivity index (χ4n) is 15.7. The smallest absolute Gasteiger partial charge is 1.00 e. The summed E-state index contributed by atoms with van der Waals surface area (Å²) in [6.45, 7) is 0.577. The molecule has 17 rings (SSSR count). The second kappa shape index (κ2) is 47.2. The van der Waals surface area contributed by atoms with Gasteiger partial charge in [-0.05, 0) is 159 Å². The summed E-state index contributed by atoms with van der Waals surface area (Å²) in [5.41, 5.74) is 11.6. The maximum absolute atomic E-state index is 12.9. The number of aromatic amines is 3. The standard InChI is InChI=1S/C21H27N5O5S.C20H25N5O3.C20H23N5O2.C10H11ClN4O.C10H15NO2.CH2O3.2Cs.H/c1-30-16-9-7-14(8-10-16)18(11-12-31-32(2,28)29)23-21-24-19-17(20(27)25-21)13-22-26(19)15-5-3-4-6-15;1-28-15-8-6-13(7-9-15)17(10-11-26)22-20-23-18-16(19(27)24-20)12-21-25(18)14-4-2-3-5-14;1-27-15-8-6-13(7-9-15)17-10-11-24-19(26)16-12-21-25(14-4-2-3-5-14)18(16)23-20(24)22-17;11-10-13-8-7(9(16)14-10)5-12-15(8)6-3-1-2-4-6;1-13-9-4-2-8(3-5-9)10(11)6-7-12;2-1-4-3;;;/h7-10,13,15,18H,3-6,11-12H2,1-2H3,(H2,23,24,25,27);6-9,12,14,17,26H,2-5,10-11H2,1H3,(H2,22,23,24,27);6-9,12,14,17H,2-5,10-11H2,1H3,(H,22,23);5-6H,1-4H2,(H,13,14,16);2-5,10,12H,6-7,11H2,1H3;1,3H;;;/q;;;;;;2*+1;-1/p-1. The van der Waals surface area contributed by atoms with E-state index >= 15 is 0 Å². The number of nitrogens with two attached hydrogens (primary N) is 1. The molecule has 5 aliphatic rings. The summed E-state index contributed by atoms with van der Waals surface area (Å²) in [5.74, 6) is 4.44. The number of ether oxygens (including phenoxy) is 4. The number of carbonyl (C=O) groups excluding carboxylic acids is 1. The molecule has 642 valence electrons. The number of rotatable bonds is 25. The van der Waals surface area contributed by atoms with Crippen molar-refractivity contribution in [2.75, 3.05) is 70.5 Å². The van der Waals surface area contributed by atoms with Crippen LogP contribution in [0.1, 0.15) is 200 Å². The Morgan fingerprint density at radius 3 is 1.25 bits per heavy atom. The number of carbonyl (C=O) groups is 1. The van der Waals surface area contributed by atoms with Gasteiger partial charge in [0.15, 0.2) is 22.6 Å². The van der Waals surface area contributed by atoms with Crippen molar-refractivity contribution in [3.63, 3.8) is 0 Å². The Morgan fingerprint density at radius 1 is 0.525 bits per heavy atom. The predicted molar refractivity (Wildman–Crippen MR) is 451 cm³/mol. The summed E-state index contributed by atoms with van der Waals surface area (Å²) in [6.07, 6.45) is 27.7. The van der Waals surface area contributed by atoms with Gasteiger partial charge in [-0.15, -0.1) is 0 Å². The number of hydrogen-bond donors (Lipinski definition) is 9. The summed E-state index contributed by atoms with van der Waals surface area (Å²) in [6, 6.07) is 31.4. The van der Waals surface area contributed by atoms with Crippen molar-refractivity contribution in [1.29, 1.82) is 0 Å². The number of anilines is 3. The number of halogens is 1. The first-order valence-corrected chi connectivity index (χ1v) is 42.4. The van der Waals surface area contributed by atoms with Crippen LogP contribution in [0.15, 0.2) is 141 Å². The van der Waals surface area contributed by atoms with Crippen molar-refractivity contribution >= 4 is 90.2 Å². The normalized spacial score (nSPS) is 15.9. The summed E-state index contributed by atoms with van der Waals surface area (Å²) in [5, 5.41) is 56.4. The molecule has 4 aromatic carbocycles. The van der Waals surface area contributed by atoms with E-state index in [0.29, 0.717) is 112 Å². The van der Waals surface area contributed by atoms with Crippen molar-refractivity contribution in [2.45, 2.75) is 183 Å². The SMILES string of the molecule is COc1ccc(C(CCO)Nc2nc3c(cnn3C3CCCC3)c(=O)[nH]2)cc1.COc1ccc(C(CCOS(C)(=O)=O)Nc2nc3c(cnn3C3CCCC3)c(=O)[nH]2)cc1.COc1ccc(C(N)CCO)cc1.COc1ccc(C2CCn3c(nc4c(cnn4C4CCCC4)c3=O)N2)cc1.O=CO[O-].O=c1[nH]c(Cl)nc2c1cnn2C1CCCC1.[Cs+].[Cs+].[H-]. The molecule has 8 aromatic heterocycles. The number of nitrogens with one attached hydrogen (secondary N) is 6. The van der Waals surface area contributed by atoms with Gasteiger partial charge in [0.05, 0.1) is 108 Å². The first-order valence-electron chi connectivity index (χ1n) is 40.2. The Balaban J connectivity index is 0.000000176. The van der Waals surface area contributed by atoms with Crippen molar-refractivity contribution in [3.8, 4) is 23.0 Å². The van der Waals surface area contributed by atoms with Crippen LogP contribution in [0.5, 0.6) is 23.0 Å². The predicted octanol–water partition coefficient (Wildman–Crippen LogP) is 4.34. The summed E-state index contributed by atoms with van der Waals surface area (Å²) in [4.78, 5) is 87.3. The minimum atomic E-state index is -3.56. The molecular formula is C82H103ClCs2N20O16S. The second-order valence-corrected chi connectivity index (χ2v) is 31.7. The van der Waals surface area contributed by atoms with E-state index < -0.39 is 10.1 Å². The zero-order chi connectivity index (χ0) is 84.8. The third-order valence-electron chi connectivity index (χ3n) is 22.0. The van der Waals surface area contributed by atoms with Crippen LogP contribution in [0.25, 0.3) is 44.1 Å². The van der Waals surface area contributed by atoms with Crippen LogP contribution >= 0.6 is 11.6 Å². The Morgan fingerprint density at radius 2 is 0.877 bits per heavy atom. The number of fused-ring (bicyclic) bond motifs is 5. The van der Waals surface area contributed by atoms with Crippen LogP contribution in [0, 0.1) is 0 Å². The quantitative estimate of drug-likeness (QED) is 0.0126. The van der Waals surface area contributed by atoms with Gasteiger partial charge in [0.1, 0.15) is 44.5 Å². The maximum atomic E-state index is 12.9. The number of benzene rings is 4. The Kier molecular flexibility index (Phi) is 37.4. The number of H-pyrrole nitrogens is 3. The fourth-order valence-corrected chi connectivity index (χ4v) is 16.3. The molecule has 12 aromatic rings. The molecule has 0 radical (unpaired) electrons. The third-order valence-corrected chi connectivity index (χ3v) is 22.8. The molecule has 36 nitrogen and oxygen atoms in total. The van der Waals surface area contributed by atoms with Crippen molar-refractivity contribution < 1.29 is 196 Å². The number of aliphatic hydroxyl groups is 2. The summed E-state index contributed by atoms with van der Waals surface area (Å²) >= 11 is 5.75. The maximum Gasteiger partial charge on any atom is 1.00 e. The molecule has 0 saturated heterocycles. The van der Waals surface area contributed by atoms with Gasteiger partial charge in [0.2, 0.25) is 23.1 Å². The van der Waals surface area contributed by atoms with E-state index in [1.54, 1.807) is 57.8 Å². The second-order valence-electron chi connectivity index (χ2n) is 29.7. The fraction of sp³-hybridized carbons (Fsp3) is 0.451. The zero-order valence-corrected chi connectivity index (χ0v) is 83.6. The van der Waals surface area contributed by atoms with E-state index in [-0.39, 0.29) is 223 Å². The first-order chi connectivity index (χ1) is 58.2. The average Bonchev–Trinajstić information content (AvgIpc) is 1.65. The number of methoxy groups -OCH3 is 4.